The summed E-state index contributed by atoms with van der Waals surface area (Å²) in [4.78, 5) is 19.0. The zero-order valence-electron chi connectivity index (χ0n) is 15.8. The Morgan fingerprint density at radius 2 is 1.87 bits per heavy atom. The van der Waals surface area contributed by atoms with Crippen molar-refractivity contribution in [2.45, 2.75) is 18.6 Å². The monoisotopic (exact) mass is 527 g/mol. The maximum atomic E-state index is 12.4. The highest BCUT2D eigenvalue weighted by Crippen LogP contribution is 2.32. The van der Waals surface area contributed by atoms with Crippen molar-refractivity contribution in [1.29, 1.82) is 0 Å². The van der Waals surface area contributed by atoms with E-state index in [1.165, 1.54) is 11.8 Å². The van der Waals surface area contributed by atoms with Crippen LogP contribution in [0.2, 0.25) is 5.02 Å². The fraction of sp³-hybridized carbons (Fsp3) is 0.300. The number of benzene rings is 2. The first-order valence-corrected chi connectivity index (χ1v) is 13.2. The summed E-state index contributed by atoms with van der Waals surface area (Å²) < 4.78 is 25.1. The number of nitrogens with one attached hydrogen (secondary N) is 1. The lowest BCUT2D eigenvalue weighted by Crippen LogP contribution is -2.38. The zero-order chi connectivity index (χ0) is 21.3. The van der Waals surface area contributed by atoms with Gasteiger partial charge < -0.3 is 10.2 Å². The number of anilines is 1. The lowest BCUT2D eigenvalue weighted by atomic mass is 10.1. The first-order valence-electron chi connectivity index (χ1n) is 9.27. The standard InChI is InChI=1S/C20H19BrClN3O3S2/c21-14-3-7-16(8-4-14)23-19(26)10-29-20-24-17-11-30(27,28)12-18(17)25(20)9-13-1-5-15(22)6-2-13/h1-8,17-18H,9-12H2,(H,23,26)/t17-,18-/m0/s1. The number of nitrogens with zero attached hydrogens (tertiary/aromatic N) is 2. The third-order valence-corrected chi connectivity index (χ3v) is 8.43. The third-order valence-electron chi connectivity index (χ3n) is 4.94. The van der Waals surface area contributed by atoms with E-state index in [1.54, 1.807) is 0 Å². The molecular weight excluding hydrogens is 510 g/mol. The Hall–Kier alpha value is -1.55. The molecule has 0 bridgehead atoms. The predicted octanol–water partition coefficient (Wildman–Crippen LogP) is 3.81. The molecule has 1 fully saturated rings. The van der Waals surface area contributed by atoms with Crippen molar-refractivity contribution in [3.05, 3.63) is 63.6 Å². The van der Waals surface area contributed by atoms with Crippen molar-refractivity contribution in [3.63, 3.8) is 0 Å². The summed E-state index contributed by atoms with van der Waals surface area (Å²) in [5.41, 5.74) is 1.73. The fourth-order valence-electron chi connectivity index (χ4n) is 3.54. The number of amides is 1. The molecule has 2 aromatic carbocycles. The van der Waals surface area contributed by atoms with E-state index in [0.717, 1.165) is 15.7 Å². The molecule has 6 nitrogen and oxygen atoms in total. The van der Waals surface area contributed by atoms with Crippen LogP contribution in [0.3, 0.4) is 0 Å². The van der Waals surface area contributed by atoms with Gasteiger partial charge in [-0.1, -0.05) is 51.4 Å². The number of fused-ring (bicyclic) bond motifs is 1. The summed E-state index contributed by atoms with van der Waals surface area (Å²) >= 11 is 10.7. The molecule has 0 aromatic heterocycles. The average molecular weight is 529 g/mol. The number of aliphatic imine (C=N–C) groups is 1. The summed E-state index contributed by atoms with van der Waals surface area (Å²) in [6, 6.07) is 14.4. The summed E-state index contributed by atoms with van der Waals surface area (Å²) in [7, 11) is -3.10. The molecule has 1 saturated heterocycles. The molecule has 2 aliphatic rings. The van der Waals surface area contributed by atoms with Crippen molar-refractivity contribution in [2.75, 3.05) is 22.6 Å². The van der Waals surface area contributed by atoms with Crippen molar-refractivity contribution >= 4 is 65.9 Å². The molecule has 1 N–H and O–H groups in total. The molecule has 2 heterocycles. The van der Waals surface area contributed by atoms with Crippen LogP contribution in [0.5, 0.6) is 0 Å². The molecule has 0 spiro atoms. The second-order valence-electron chi connectivity index (χ2n) is 7.22. The minimum absolute atomic E-state index is 0.0595. The molecule has 0 unspecified atom stereocenters. The molecule has 1 amide bonds. The molecule has 30 heavy (non-hydrogen) atoms. The van der Waals surface area contributed by atoms with Gasteiger partial charge in [0, 0.05) is 21.7 Å². The summed E-state index contributed by atoms with van der Waals surface area (Å²) in [6.45, 7) is 0.522. The SMILES string of the molecule is O=C(CSC1=N[C@H]2CS(=O)(=O)C[C@@H]2N1Cc1ccc(Cl)cc1)Nc1ccc(Br)cc1. The van der Waals surface area contributed by atoms with Crippen LogP contribution in [0.25, 0.3) is 0 Å². The van der Waals surface area contributed by atoms with E-state index in [9.17, 15) is 13.2 Å². The van der Waals surface area contributed by atoms with Gasteiger partial charge in [-0.3, -0.25) is 9.79 Å². The normalized spacial score (nSPS) is 21.9. The van der Waals surface area contributed by atoms with Gasteiger partial charge in [-0.15, -0.1) is 0 Å². The lowest BCUT2D eigenvalue weighted by Gasteiger charge is -2.26. The highest BCUT2D eigenvalue weighted by Gasteiger charge is 2.46. The Morgan fingerprint density at radius 3 is 2.57 bits per heavy atom. The Kier molecular flexibility index (Phi) is 6.43. The molecule has 4 rings (SSSR count). The number of amidine groups is 1. The average Bonchev–Trinajstić information content (AvgIpc) is 3.16. The minimum Gasteiger partial charge on any atom is -0.341 e. The van der Waals surface area contributed by atoms with Crippen molar-refractivity contribution in [2.24, 2.45) is 4.99 Å². The highest BCUT2D eigenvalue weighted by molar-refractivity contribution is 9.10. The second-order valence-corrected chi connectivity index (χ2v) is 11.7. The summed E-state index contributed by atoms with van der Waals surface area (Å²) in [5.74, 6) is 0.202. The number of hydrogen-bond acceptors (Lipinski definition) is 6. The van der Waals surface area contributed by atoms with Crippen LogP contribution in [-0.2, 0) is 21.2 Å². The highest BCUT2D eigenvalue weighted by atomic mass is 79.9. The second kappa shape index (κ2) is 8.90. The van der Waals surface area contributed by atoms with Gasteiger partial charge in [-0.05, 0) is 42.0 Å². The Morgan fingerprint density at radius 1 is 1.17 bits per heavy atom. The largest absolute Gasteiger partial charge is 0.341 e. The molecule has 10 heteroatoms. The Bertz CT molecular complexity index is 1080. The summed E-state index contributed by atoms with van der Waals surface area (Å²) in [5, 5.41) is 4.22. The van der Waals surface area contributed by atoms with Gasteiger partial charge >= 0.3 is 0 Å². The van der Waals surface area contributed by atoms with E-state index in [2.05, 4.69) is 26.2 Å². The van der Waals surface area contributed by atoms with Gasteiger partial charge in [0.2, 0.25) is 5.91 Å². The first-order chi connectivity index (χ1) is 14.3. The first kappa shape index (κ1) is 21.7. The molecule has 2 aromatic rings. The van der Waals surface area contributed by atoms with Gasteiger partial charge in [0.15, 0.2) is 15.0 Å². The molecular formula is C20H19BrClN3O3S2. The molecule has 0 radical (unpaired) electrons. The Balaban J connectivity index is 1.44. The lowest BCUT2D eigenvalue weighted by molar-refractivity contribution is -0.113. The van der Waals surface area contributed by atoms with Crippen LogP contribution in [0.1, 0.15) is 5.56 Å². The van der Waals surface area contributed by atoms with Crippen LogP contribution in [0, 0.1) is 0 Å². The van der Waals surface area contributed by atoms with Gasteiger partial charge in [0.25, 0.3) is 0 Å². The van der Waals surface area contributed by atoms with E-state index >= 15 is 0 Å². The molecule has 0 aliphatic carbocycles. The predicted molar refractivity (Wildman–Crippen MR) is 126 cm³/mol. The van der Waals surface area contributed by atoms with Crippen LogP contribution in [-0.4, -0.2) is 53.7 Å². The maximum Gasteiger partial charge on any atom is 0.234 e. The molecule has 0 saturated carbocycles. The number of sulfone groups is 1. The van der Waals surface area contributed by atoms with Gasteiger partial charge in [0.05, 0.1) is 29.3 Å². The quantitative estimate of drug-likeness (QED) is 0.638. The minimum atomic E-state index is -3.10. The fourth-order valence-corrected chi connectivity index (χ4v) is 6.72. The van der Waals surface area contributed by atoms with E-state index in [0.29, 0.717) is 16.7 Å². The molecule has 2 aliphatic heterocycles. The van der Waals surface area contributed by atoms with E-state index in [-0.39, 0.29) is 35.2 Å². The number of hydrogen-bond donors (Lipinski definition) is 1. The van der Waals surface area contributed by atoms with Crippen molar-refractivity contribution < 1.29 is 13.2 Å². The van der Waals surface area contributed by atoms with Crippen LogP contribution in [0.15, 0.2) is 58.0 Å². The van der Waals surface area contributed by atoms with Gasteiger partial charge in [-0.25, -0.2) is 8.42 Å². The third kappa shape index (κ3) is 5.19. The summed E-state index contributed by atoms with van der Waals surface area (Å²) in [6.07, 6.45) is 0. The number of thioether (sulfide) groups is 1. The zero-order valence-corrected chi connectivity index (χ0v) is 19.8. The van der Waals surface area contributed by atoms with Crippen LogP contribution < -0.4 is 5.32 Å². The molecule has 2 atom stereocenters. The van der Waals surface area contributed by atoms with E-state index < -0.39 is 9.84 Å². The smallest absolute Gasteiger partial charge is 0.234 e. The number of carbonyl (C=O) groups is 1. The van der Waals surface area contributed by atoms with Crippen molar-refractivity contribution in [1.82, 2.24) is 4.90 Å². The number of carbonyl (C=O) groups excluding carboxylic acids is 1. The van der Waals surface area contributed by atoms with Crippen molar-refractivity contribution in [3.8, 4) is 0 Å². The Labute approximate surface area is 193 Å². The van der Waals surface area contributed by atoms with E-state index in [4.69, 9.17) is 11.6 Å². The van der Waals surface area contributed by atoms with Crippen LogP contribution >= 0.6 is 39.3 Å². The van der Waals surface area contributed by atoms with E-state index in [1.807, 2.05) is 53.4 Å². The van der Waals surface area contributed by atoms with Gasteiger partial charge in [-0.2, -0.15) is 0 Å². The van der Waals surface area contributed by atoms with Gasteiger partial charge in [0.1, 0.15) is 0 Å². The topological polar surface area (TPSA) is 78.8 Å². The maximum absolute atomic E-state index is 12.4. The molecule has 158 valence electrons. The van der Waals surface area contributed by atoms with Crippen LogP contribution in [0.4, 0.5) is 5.69 Å². The number of halogens is 2. The number of rotatable bonds is 5.